The van der Waals surface area contributed by atoms with Crippen LogP contribution < -0.4 is 24.3 Å². The van der Waals surface area contributed by atoms with Crippen molar-refractivity contribution in [3.8, 4) is 23.0 Å². The molecule has 1 N–H and O–H groups in total. The van der Waals surface area contributed by atoms with E-state index in [1.165, 1.54) is 0 Å². The van der Waals surface area contributed by atoms with Crippen LogP contribution in [-0.2, 0) is 22.7 Å². The zero-order chi connectivity index (χ0) is 19.8. The van der Waals surface area contributed by atoms with Crippen LogP contribution in [-0.4, -0.2) is 36.8 Å². The van der Waals surface area contributed by atoms with E-state index in [4.69, 9.17) is 18.9 Å². The Morgan fingerprint density at radius 2 is 1.55 bits per heavy atom. The Morgan fingerprint density at radius 1 is 0.931 bits per heavy atom. The number of ether oxygens (including phenoxy) is 4. The number of rotatable bonds is 5. The summed E-state index contributed by atoms with van der Waals surface area (Å²) < 4.78 is 21.3. The van der Waals surface area contributed by atoms with E-state index in [9.17, 15) is 9.59 Å². The van der Waals surface area contributed by atoms with Gasteiger partial charge in [-0.1, -0.05) is 12.1 Å². The van der Waals surface area contributed by atoms with Gasteiger partial charge < -0.3 is 29.2 Å². The normalized spacial score (nSPS) is 19.0. The third-order valence-corrected chi connectivity index (χ3v) is 5.30. The first-order valence-corrected chi connectivity index (χ1v) is 9.48. The lowest BCUT2D eigenvalue weighted by molar-refractivity contribution is -0.129. The largest absolute Gasteiger partial charge is 0.454 e. The number of likely N-dealkylation sites (tertiary alicyclic amines) is 1. The molecule has 2 aromatic carbocycles. The second-order valence-electron chi connectivity index (χ2n) is 7.27. The second-order valence-corrected chi connectivity index (χ2v) is 7.27. The maximum atomic E-state index is 12.6. The van der Waals surface area contributed by atoms with Crippen LogP contribution in [0.25, 0.3) is 0 Å². The van der Waals surface area contributed by atoms with Gasteiger partial charge in [0.15, 0.2) is 23.0 Å². The topological polar surface area (TPSA) is 86.3 Å². The summed E-state index contributed by atoms with van der Waals surface area (Å²) in [5.41, 5.74) is 1.87. The summed E-state index contributed by atoms with van der Waals surface area (Å²) in [7, 11) is 0. The van der Waals surface area contributed by atoms with Gasteiger partial charge in [0.2, 0.25) is 25.4 Å². The molecule has 1 atom stereocenters. The van der Waals surface area contributed by atoms with Gasteiger partial charge in [0.25, 0.3) is 0 Å². The summed E-state index contributed by atoms with van der Waals surface area (Å²) >= 11 is 0. The lowest BCUT2D eigenvalue weighted by atomic mass is 10.1. The van der Waals surface area contributed by atoms with Gasteiger partial charge in [-0.2, -0.15) is 0 Å². The number of nitrogens with zero attached hydrogens (tertiary/aromatic N) is 1. The van der Waals surface area contributed by atoms with Crippen LogP contribution in [0, 0.1) is 5.92 Å². The molecule has 0 bridgehead atoms. The Morgan fingerprint density at radius 3 is 2.28 bits per heavy atom. The van der Waals surface area contributed by atoms with Gasteiger partial charge in [-0.25, -0.2) is 0 Å². The number of benzene rings is 2. The molecule has 3 aliphatic rings. The molecule has 0 aliphatic carbocycles. The van der Waals surface area contributed by atoms with Crippen LogP contribution >= 0.6 is 0 Å². The molecule has 8 nitrogen and oxygen atoms in total. The van der Waals surface area contributed by atoms with E-state index in [0.717, 1.165) is 11.1 Å². The minimum atomic E-state index is -0.356. The number of hydrogen-bond donors (Lipinski definition) is 1. The maximum absolute atomic E-state index is 12.6. The van der Waals surface area contributed by atoms with E-state index in [-0.39, 0.29) is 37.7 Å². The number of nitrogens with one attached hydrogen (secondary N) is 1. The highest BCUT2D eigenvalue weighted by Gasteiger charge is 2.34. The molecule has 150 valence electrons. The SMILES string of the molecule is O=C(NCc1ccc2c(c1)OCO2)C1CC(=O)N(Cc2ccc3c(c2)OCO3)C1. The lowest BCUT2D eigenvalue weighted by Crippen LogP contribution is -2.32. The smallest absolute Gasteiger partial charge is 0.231 e. The van der Waals surface area contributed by atoms with Crippen LogP contribution in [0.3, 0.4) is 0 Å². The quantitative estimate of drug-likeness (QED) is 0.830. The molecule has 0 radical (unpaired) electrons. The number of hydrogen-bond acceptors (Lipinski definition) is 6. The Bertz CT molecular complexity index is 976. The first kappa shape index (κ1) is 17.7. The summed E-state index contributed by atoms with van der Waals surface area (Å²) in [6.07, 6.45) is 0.220. The Labute approximate surface area is 167 Å². The molecule has 1 fully saturated rings. The van der Waals surface area contributed by atoms with Crippen LogP contribution in [0.5, 0.6) is 23.0 Å². The summed E-state index contributed by atoms with van der Waals surface area (Å²) in [5, 5.41) is 2.92. The predicted molar refractivity (Wildman–Crippen MR) is 101 cm³/mol. The Kier molecular flexibility index (Phi) is 4.38. The molecule has 3 aliphatic heterocycles. The van der Waals surface area contributed by atoms with Gasteiger partial charge >= 0.3 is 0 Å². The maximum Gasteiger partial charge on any atom is 0.231 e. The summed E-state index contributed by atoms with van der Waals surface area (Å²) in [4.78, 5) is 26.7. The van der Waals surface area contributed by atoms with Gasteiger partial charge in [-0.05, 0) is 35.4 Å². The molecule has 8 heteroatoms. The minimum absolute atomic E-state index is 0.0223. The average Bonchev–Trinajstić information content (AvgIpc) is 3.45. The summed E-state index contributed by atoms with van der Waals surface area (Å²) in [6.45, 7) is 1.66. The van der Waals surface area contributed by atoms with Gasteiger partial charge in [0.1, 0.15) is 0 Å². The van der Waals surface area contributed by atoms with E-state index in [1.54, 1.807) is 4.90 Å². The predicted octanol–water partition coefficient (Wildman–Crippen LogP) is 1.81. The number of fused-ring (bicyclic) bond motifs is 2. The Balaban J connectivity index is 1.17. The first-order valence-electron chi connectivity index (χ1n) is 9.48. The molecule has 0 aromatic heterocycles. The van der Waals surface area contributed by atoms with Crippen molar-refractivity contribution in [2.45, 2.75) is 19.5 Å². The van der Waals surface area contributed by atoms with Crippen molar-refractivity contribution in [3.63, 3.8) is 0 Å². The van der Waals surface area contributed by atoms with Crippen molar-refractivity contribution in [1.29, 1.82) is 0 Å². The van der Waals surface area contributed by atoms with Crippen LogP contribution in [0.1, 0.15) is 17.5 Å². The van der Waals surface area contributed by atoms with Crippen molar-refractivity contribution in [2.75, 3.05) is 20.1 Å². The Hall–Kier alpha value is -3.42. The van der Waals surface area contributed by atoms with Crippen LogP contribution in [0.4, 0.5) is 0 Å². The number of carbonyl (C=O) groups is 2. The molecular formula is C21H20N2O6. The molecule has 2 amide bonds. The van der Waals surface area contributed by atoms with Crippen molar-refractivity contribution in [1.82, 2.24) is 10.2 Å². The third kappa shape index (κ3) is 3.53. The molecule has 1 unspecified atom stereocenters. The van der Waals surface area contributed by atoms with E-state index in [0.29, 0.717) is 42.6 Å². The van der Waals surface area contributed by atoms with Gasteiger partial charge in [0.05, 0.1) is 5.92 Å². The standard InChI is InChI=1S/C21H20N2O6/c24-20-7-15(10-23(20)9-14-2-4-17-19(6-14)29-12-27-17)21(25)22-8-13-1-3-16-18(5-13)28-11-26-16/h1-6,15H,7-12H2,(H,22,25). The highest BCUT2D eigenvalue weighted by molar-refractivity contribution is 5.89. The molecule has 3 heterocycles. The summed E-state index contributed by atoms with van der Waals surface area (Å²) in [6, 6.07) is 11.2. The van der Waals surface area contributed by atoms with Gasteiger partial charge in [-0.3, -0.25) is 9.59 Å². The van der Waals surface area contributed by atoms with Crippen molar-refractivity contribution in [3.05, 3.63) is 47.5 Å². The van der Waals surface area contributed by atoms with E-state index < -0.39 is 0 Å². The molecule has 5 rings (SSSR count). The highest BCUT2D eigenvalue weighted by Crippen LogP contribution is 2.34. The zero-order valence-corrected chi connectivity index (χ0v) is 15.7. The molecular weight excluding hydrogens is 376 g/mol. The molecule has 29 heavy (non-hydrogen) atoms. The van der Waals surface area contributed by atoms with Gasteiger partial charge in [0, 0.05) is 26.1 Å². The summed E-state index contributed by atoms with van der Waals surface area (Å²) in [5.74, 6) is 2.29. The van der Waals surface area contributed by atoms with Crippen molar-refractivity contribution < 1.29 is 28.5 Å². The molecule has 1 saturated heterocycles. The fraction of sp³-hybridized carbons (Fsp3) is 0.333. The van der Waals surface area contributed by atoms with E-state index >= 15 is 0 Å². The molecule has 0 saturated carbocycles. The van der Waals surface area contributed by atoms with Crippen LogP contribution in [0.2, 0.25) is 0 Å². The van der Waals surface area contributed by atoms with E-state index in [1.807, 2.05) is 36.4 Å². The number of carbonyl (C=O) groups excluding carboxylic acids is 2. The van der Waals surface area contributed by atoms with Crippen molar-refractivity contribution >= 4 is 11.8 Å². The fourth-order valence-corrected chi connectivity index (χ4v) is 3.74. The zero-order valence-electron chi connectivity index (χ0n) is 15.7. The monoisotopic (exact) mass is 396 g/mol. The van der Waals surface area contributed by atoms with Crippen molar-refractivity contribution in [2.24, 2.45) is 5.92 Å². The lowest BCUT2D eigenvalue weighted by Gasteiger charge is -2.17. The first-order chi connectivity index (χ1) is 14.2. The fourth-order valence-electron chi connectivity index (χ4n) is 3.74. The van der Waals surface area contributed by atoms with Crippen LogP contribution in [0.15, 0.2) is 36.4 Å². The average molecular weight is 396 g/mol. The minimum Gasteiger partial charge on any atom is -0.454 e. The van der Waals surface area contributed by atoms with E-state index in [2.05, 4.69) is 5.32 Å². The third-order valence-electron chi connectivity index (χ3n) is 5.30. The van der Waals surface area contributed by atoms with Gasteiger partial charge in [-0.15, -0.1) is 0 Å². The number of amides is 2. The molecule has 0 spiro atoms. The molecule has 2 aromatic rings. The highest BCUT2D eigenvalue weighted by atomic mass is 16.7. The second kappa shape index (κ2) is 7.20.